The average molecular weight is 293 g/mol. The number of urea groups is 1. The van der Waals surface area contributed by atoms with Gasteiger partial charge in [0.25, 0.3) is 0 Å². The molecule has 0 bridgehead atoms. The Kier molecular flexibility index (Phi) is 6.27. The number of imide groups is 1. The van der Waals surface area contributed by atoms with Crippen LogP contribution in [0.4, 0.5) is 4.79 Å². The lowest BCUT2D eigenvalue weighted by molar-refractivity contribution is -0.121. The van der Waals surface area contributed by atoms with Crippen LogP contribution in [0.25, 0.3) is 0 Å². The molecule has 0 radical (unpaired) electrons. The molecule has 2 N–H and O–H groups in total. The van der Waals surface area contributed by atoms with Crippen molar-refractivity contribution in [2.75, 3.05) is 19.6 Å². The van der Waals surface area contributed by atoms with Gasteiger partial charge in [0.2, 0.25) is 5.91 Å². The van der Waals surface area contributed by atoms with E-state index in [1.54, 1.807) is 18.4 Å². The zero-order valence-electron chi connectivity index (χ0n) is 12.3. The molecule has 3 amide bonds. The first kappa shape index (κ1) is 15.6. The number of carbonyl (C=O) groups excluding carboxylic acids is 2. The van der Waals surface area contributed by atoms with Gasteiger partial charge in [-0.05, 0) is 38.1 Å². The lowest BCUT2D eigenvalue weighted by atomic mass is 10.1. The highest BCUT2D eigenvalue weighted by atomic mass is 16.3. The number of amides is 3. The Balaban J connectivity index is 1.66. The molecule has 1 saturated heterocycles. The summed E-state index contributed by atoms with van der Waals surface area (Å²) in [5.74, 6) is 0.397. The van der Waals surface area contributed by atoms with E-state index in [2.05, 4.69) is 15.5 Å². The van der Waals surface area contributed by atoms with Crippen LogP contribution in [0.2, 0.25) is 0 Å². The van der Waals surface area contributed by atoms with Crippen LogP contribution in [0, 0.1) is 0 Å². The van der Waals surface area contributed by atoms with Gasteiger partial charge in [0.05, 0.1) is 19.4 Å². The normalized spacial score (nSPS) is 16.8. The molecule has 2 heterocycles. The van der Waals surface area contributed by atoms with Crippen molar-refractivity contribution in [3.8, 4) is 0 Å². The molecule has 2 rings (SSSR count). The first-order valence-electron chi connectivity index (χ1n) is 7.56. The number of nitrogens with one attached hydrogen (secondary N) is 2. The monoisotopic (exact) mass is 293 g/mol. The summed E-state index contributed by atoms with van der Waals surface area (Å²) < 4.78 is 5.10. The molecular weight excluding hydrogens is 270 g/mol. The van der Waals surface area contributed by atoms with E-state index in [0.717, 1.165) is 25.9 Å². The van der Waals surface area contributed by atoms with Crippen molar-refractivity contribution in [1.29, 1.82) is 0 Å². The molecule has 0 unspecified atom stereocenters. The van der Waals surface area contributed by atoms with Crippen LogP contribution in [0.5, 0.6) is 0 Å². The highest BCUT2D eigenvalue weighted by molar-refractivity contribution is 5.95. The number of furan rings is 1. The average Bonchev–Trinajstić information content (AvgIpc) is 2.92. The van der Waals surface area contributed by atoms with E-state index in [1.807, 2.05) is 0 Å². The molecule has 1 fully saturated rings. The van der Waals surface area contributed by atoms with E-state index in [0.29, 0.717) is 5.76 Å². The summed E-state index contributed by atoms with van der Waals surface area (Å²) in [6, 6.07) is 3.04. The number of nitrogens with zero attached hydrogens (tertiary/aromatic N) is 1. The summed E-state index contributed by atoms with van der Waals surface area (Å²) in [6.07, 6.45) is 7.52. The second-order valence-electron chi connectivity index (χ2n) is 5.35. The molecule has 0 aliphatic carbocycles. The van der Waals surface area contributed by atoms with Crippen molar-refractivity contribution < 1.29 is 14.0 Å². The van der Waals surface area contributed by atoms with Crippen molar-refractivity contribution in [2.45, 2.75) is 38.6 Å². The van der Waals surface area contributed by atoms with Gasteiger partial charge in [-0.15, -0.1) is 0 Å². The highest BCUT2D eigenvalue weighted by Gasteiger charge is 2.14. The highest BCUT2D eigenvalue weighted by Crippen LogP contribution is 2.09. The zero-order chi connectivity index (χ0) is 14.9. The van der Waals surface area contributed by atoms with Crippen molar-refractivity contribution in [3.05, 3.63) is 24.2 Å². The van der Waals surface area contributed by atoms with E-state index < -0.39 is 6.03 Å². The summed E-state index contributed by atoms with van der Waals surface area (Å²) in [5, 5.41) is 4.95. The van der Waals surface area contributed by atoms with Crippen LogP contribution in [0.1, 0.15) is 37.9 Å². The molecule has 1 aromatic rings. The van der Waals surface area contributed by atoms with Crippen LogP contribution in [0.3, 0.4) is 0 Å². The summed E-state index contributed by atoms with van der Waals surface area (Å²) >= 11 is 0. The van der Waals surface area contributed by atoms with E-state index in [4.69, 9.17) is 4.42 Å². The minimum Gasteiger partial charge on any atom is -0.467 e. The molecule has 116 valence electrons. The smallest absolute Gasteiger partial charge is 0.321 e. The number of hydrogen-bond acceptors (Lipinski definition) is 4. The molecule has 1 aliphatic heterocycles. The van der Waals surface area contributed by atoms with Gasteiger partial charge in [-0.1, -0.05) is 19.3 Å². The second kappa shape index (κ2) is 8.46. The lowest BCUT2D eigenvalue weighted by Crippen LogP contribution is -2.44. The third-order valence-electron chi connectivity index (χ3n) is 3.57. The Bertz CT molecular complexity index is 437. The molecule has 6 nitrogen and oxygen atoms in total. The number of likely N-dealkylation sites (tertiary alicyclic amines) is 1. The second-order valence-corrected chi connectivity index (χ2v) is 5.35. The first-order valence-corrected chi connectivity index (χ1v) is 7.56. The summed E-state index contributed by atoms with van der Waals surface area (Å²) in [4.78, 5) is 25.6. The molecule has 6 heteroatoms. The fraction of sp³-hybridized carbons (Fsp3) is 0.600. The van der Waals surface area contributed by atoms with Gasteiger partial charge < -0.3 is 9.73 Å². The third kappa shape index (κ3) is 5.99. The van der Waals surface area contributed by atoms with Gasteiger partial charge in [0.1, 0.15) is 5.76 Å². The van der Waals surface area contributed by atoms with E-state index in [1.165, 1.54) is 19.3 Å². The fourth-order valence-electron chi connectivity index (χ4n) is 2.47. The van der Waals surface area contributed by atoms with Crippen molar-refractivity contribution in [1.82, 2.24) is 15.5 Å². The van der Waals surface area contributed by atoms with E-state index >= 15 is 0 Å². The standard InChI is InChI=1S/C15H23N3O3/c19-14(12-18-8-4-2-1-3-5-9-18)17-15(20)16-11-13-7-6-10-21-13/h6-7,10H,1-5,8-9,11-12H2,(H2,16,17,19,20). The van der Waals surface area contributed by atoms with E-state index in [9.17, 15) is 9.59 Å². The summed E-state index contributed by atoms with van der Waals surface area (Å²) in [5.41, 5.74) is 0. The maximum atomic E-state index is 11.8. The van der Waals surface area contributed by atoms with Crippen molar-refractivity contribution in [3.63, 3.8) is 0 Å². The van der Waals surface area contributed by atoms with Gasteiger partial charge in [-0.25, -0.2) is 4.79 Å². The van der Waals surface area contributed by atoms with Crippen LogP contribution < -0.4 is 10.6 Å². The quantitative estimate of drug-likeness (QED) is 0.888. The SMILES string of the molecule is O=C(CN1CCCCCCC1)NC(=O)NCc1ccco1. The Labute approximate surface area is 124 Å². The van der Waals surface area contributed by atoms with Gasteiger partial charge in [-0.2, -0.15) is 0 Å². The molecule has 1 aromatic heterocycles. The minimum atomic E-state index is -0.483. The number of rotatable bonds is 4. The first-order chi connectivity index (χ1) is 10.2. The van der Waals surface area contributed by atoms with Gasteiger partial charge in [-0.3, -0.25) is 15.0 Å². The number of hydrogen-bond donors (Lipinski definition) is 2. The predicted octanol–water partition coefficient (Wildman–Crippen LogP) is 1.87. The van der Waals surface area contributed by atoms with Crippen LogP contribution in [-0.2, 0) is 11.3 Å². The molecule has 0 aromatic carbocycles. The van der Waals surface area contributed by atoms with Gasteiger partial charge in [0.15, 0.2) is 0 Å². The van der Waals surface area contributed by atoms with Crippen LogP contribution in [0.15, 0.2) is 22.8 Å². The Morgan fingerprint density at radius 3 is 2.52 bits per heavy atom. The van der Waals surface area contributed by atoms with Crippen molar-refractivity contribution >= 4 is 11.9 Å². The molecule has 21 heavy (non-hydrogen) atoms. The maximum absolute atomic E-state index is 11.8. The Hall–Kier alpha value is -1.82. The fourth-order valence-corrected chi connectivity index (χ4v) is 2.47. The molecule has 1 aliphatic rings. The zero-order valence-corrected chi connectivity index (χ0v) is 12.3. The topological polar surface area (TPSA) is 74.6 Å². The van der Waals surface area contributed by atoms with Crippen LogP contribution in [-0.4, -0.2) is 36.5 Å². The summed E-state index contributed by atoms with van der Waals surface area (Å²) in [7, 11) is 0. The van der Waals surface area contributed by atoms with E-state index in [-0.39, 0.29) is 19.0 Å². The maximum Gasteiger partial charge on any atom is 0.321 e. The predicted molar refractivity (Wildman–Crippen MR) is 78.6 cm³/mol. The van der Waals surface area contributed by atoms with Crippen LogP contribution >= 0.6 is 0 Å². The largest absolute Gasteiger partial charge is 0.467 e. The molecule has 0 atom stereocenters. The van der Waals surface area contributed by atoms with Crippen molar-refractivity contribution in [2.24, 2.45) is 0 Å². The molecule has 0 saturated carbocycles. The lowest BCUT2D eigenvalue weighted by Gasteiger charge is -2.23. The number of carbonyl (C=O) groups is 2. The molecular formula is C15H23N3O3. The molecule has 0 spiro atoms. The third-order valence-corrected chi connectivity index (χ3v) is 3.57. The van der Waals surface area contributed by atoms with Gasteiger partial charge in [0, 0.05) is 0 Å². The van der Waals surface area contributed by atoms with Gasteiger partial charge >= 0.3 is 6.03 Å². The Morgan fingerprint density at radius 1 is 1.14 bits per heavy atom. The minimum absolute atomic E-state index is 0.257. The Morgan fingerprint density at radius 2 is 1.86 bits per heavy atom. The summed E-state index contributed by atoms with van der Waals surface area (Å²) in [6.45, 7) is 2.42.